The molecule has 1 fully saturated rings. The molecule has 1 aliphatic rings. The molecule has 2 aromatic rings. The second-order valence-corrected chi connectivity index (χ2v) is 7.75. The number of hydroxylamine groups is 1. The molecule has 164 valence electrons. The van der Waals surface area contributed by atoms with Crippen molar-refractivity contribution < 1.29 is 10.0 Å². The molecule has 1 aliphatic heterocycles. The fourth-order valence-electron chi connectivity index (χ4n) is 3.54. The molecular formula is C21H29Cl2N5O2. The lowest BCUT2D eigenvalue weighted by molar-refractivity contribution is -0.124. The summed E-state index contributed by atoms with van der Waals surface area (Å²) in [5.41, 5.74) is 3.54. The summed E-state index contributed by atoms with van der Waals surface area (Å²) in [6.45, 7) is 7.61. The normalized spacial score (nSPS) is 16.6. The van der Waals surface area contributed by atoms with Crippen molar-refractivity contribution in [1.29, 1.82) is 0 Å². The molecule has 2 heterocycles. The van der Waals surface area contributed by atoms with Gasteiger partial charge in [0.05, 0.1) is 18.1 Å². The summed E-state index contributed by atoms with van der Waals surface area (Å²) >= 11 is 0. The third-order valence-electron chi connectivity index (χ3n) is 4.99. The molecule has 3 rings (SSSR count). The van der Waals surface area contributed by atoms with Crippen LogP contribution >= 0.6 is 24.8 Å². The number of likely N-dealkylation sites (tertiary alicyclic amines) is 1. The predicted molar refractivity (Wildman–Crippen MR) is 123 cm³/mol. The van der Waals surface area contributed by atoms with Crippen LogP contribution in [0.15, 0.2) is 48.8 Å². The first kappa shape index (κ1) is 25.8. The van der Waals surface area contributed by atoms with Crippen molar-refractivity contribution in [2.24, 2.45) is 0 Å². The number of nitrogens with one attached hydrogen (secondary N) is 2. The van der Waals surface area contributed by atoms with Gasteiger partial charge in [-0.2, -0.15) is 0 Å². The largest absolute Gasteiger partial charge is 0.365 e. The van der Waals surface area contributed by atoms with E-state index in [4.69, 9.17) is 5.21 Å². The van der Waals surface area contributed by atoms with E-state index >= 15 is 0 Å². The van der Waals surface area contributed by atoms with Crippen molar-refractivity contribution in [2.45, 2.75) is 31.7 Å². The smallest absolute Gasteiger partial charge is 0.267 e. The van der Waals surface area contributed by atoms with Crippen LogP contribution in [0.3, 0.4) is 0 Å². The van der Waals surface area contributed by atoms with Gasteiger partial charge in [-0.15, -0.1) is 24.8 Å². The standard InChI is InChI=1S/C21H27N5O2.2ClH/c1-21(2,16-6-4-3-5-7-16)15-26-11-10-18(14-26)24-19-13-22-17(12-23-19)8-9-20(27)25-28;;/h3-9,12-13,18,28H,10-11,14-15H2,1-2H3,(H,23,24)(H,25,27);2*1H/t18-;;/m1../s1. The Morgan fingerprint density at radius 3 is 2.60 bits per heavy atom. The first-order valence-corrected chi connectivity index (χ1v) is 9.45. The fourth-order valence-corrected chi connectivity index (χ4v) is 3.54. The molecule has 0 unspecified atom stereocenters. The van der Waals surface area contributed by atoms with Gasteiger partial charge < -0.3 is 10.2 Å². The molecule has 0 spiro atoms. The zero-order valence-electron chi connectivity index (χ0n) is 17.1. The highest BCUT2D eigenvalue weighted by molar-refractivity contribution is 5.90. The Bertz CT molecular complexity index is 816. The third-order valence-corrected chi connectivity index (χ3v) is 4.99. The van der Waals surface area contributed by atoms with E-state index in [9.17, 15) is 4.79 Å². The van der Waals surface area contributed by atoms with Crippen molar-refractivity contribution in [2.75, 3.05) is 25.0 Å². The van der Waals surface area contributed by atoms with E-state index in [-0.39, 0.29) is 30.2 Å². The van der Waals surface area contributed by atoms with Gasteiger partial charge in [0.25, 0.3) is 5.91 Å². The van der Waals surface area contributed by atoms with Crippen LogP contribution in [-0.4, -0.2) is 51.7 Å². The predicted octanol–water partition coefficient (Wildman–Crippen LogP) is 3.30. The summed E-state index contributed by atoms with van der Waals surface area (Å²) in [7, 11) is 0. The average molecular weight is 454 g/mol. The molecule has 30 heavy (non-hydrogen) atoms. The van der Waals surface area contributed by atoms with Crippen LogP contribution in [0.5, 0.6) is 0 Å². The molecule has 1 aromatic heterocycles. The van der Waals surface area contributed by atoms with Gasteiger partial charge in [-0.25, -0.2) is 10.5 Å². The average Bonchev–Trinajstić information content (AvgIpc) is 3.14. The molecule has 7 nitrogen and oxygen atoms in total. The first-order chi connectivity index (χ1) is 13.5. The van der Waals surface area contributed by atoms with E-state index in [0.29, 0.717) is 11.7 Å². The van der Waals surface area contributed by atoms with Crippen LogP contribution < -0.4 is 10.8 Å². The Labute approximate surface area is 189 Å². The van der Waals surface area contributed by atoms with E-state index in [0.717, 1.165) is 31.9 Å². The maximum atomic E-state index is 11.0. The minimum Gasteiger partial charge on any atom is -0.365 e. The Hall–Kier alpha value is -2.19. The number of amides is 1. The summed E-state index contributed by atoms with van der Waals surface area (Å²) in [6, 6.07) is 11.0. The summed E-state index contributed by atoms with van der Waals surface area (Å²) in [4.78, 5) is 22.1. The van der Waals surface area contributed by atoms with Crippen LogP contribution in [0.2, 0.25) is 0 Å². The van der Waals surface area contributed by atoms with E-state index in [2.05, 4.69) is 64.4 Å². The number of aromatic nitrogens is 2. The summed E-state index contributed by atoms with van der Waals surface area (Å²) in [6.07, 6.45) is 7.00. The molecule has 1 atom stereocenters. The Balaban J connectivity index is 0.00000225. The van der Waals surface area contributed by atoms with Crippen molar-refractivity contribution in [3.63, 3.8) is 0 Å². The van der Waals surface area contributed by atoms with Crippen LogP contribution in [0.4, 0.5) is 5.82 Å². The Morgan fingerprint density at radius 1 is 1.23 bits per heavy atom. The molecule has 1 saturated heterocycles. The Kier molecular flexibility index (Phi) is 10.2. The highest BCUT2D eigenvalue weighted by Gasteiger charge is 2.29. The Morgan fingerprint density at radius 2 is 1.97 bits per heavy atom. The summed E-state index contributed by atoms with van der Waals surface area (Å²) < 4.78 is 0. The number of rotatable bonds is 7. The van der Waals surface area contributed by atoms with Gasteiger partial charge in [-0.1, -0.05) is 44.2 Å². The minimum absolute atomic E-state index is 0. The second-order valence-electron chi connectivity index (χ2n) is 7.75. The molecular weight excluding hydrogens is 425 g/mol. The molecule has 0 aliphatic carbocycles. The lowest BCUT2D eigenvalue weighted by atomic mass is 9.84. The number of benzene rings is 1. The minimum atomic E-state index is -0.603. The quantitative estimate of drug-likeness (QED) is 0.338. The van der Waals surface area contributed by atoms with Crippen LogP contribution in [0.1, 0.15) is 31.5 Å². The number of hydrogen-bond acceptors (Lipinski definition) is 6. The lowest BCUT2D eigenvalue weighted by Gasteiger charge is -2.31. The maximum absolute atomic E-state index is 11.0. The van der Waals surface area contributed by atoms with Gasteiger partial charge >= 0.3 is 0 Å². The number of carbonyl (C=O) groups excluding carboxylic acids is 1. The maximum Gasteiger partial charge on any atom is 0.267 e. The van der Waals surface area contributed by atoms with E-state index < -0.39 is 5.91 Å². The van der Waals surface area contributed by atoms with Gasteiger partial charge in [0.1, 0.15) is 5.82 Å². The van der Waals surface area contributed by atoms with E-state index in [1.54, 1.807) is 12.4 Å². The van der Waals surface area contributed by atoms with Gasteiger partial charge in [-0.3, -0.25) is 15.0 Å². The van der Waals surface area contributed by atoms with Crippen molar-refractivity contribution in [3.05, 3.63) is 60.1 Å². The molecule has 3 N–H and O–H groups in total. The summed E-state index contributed by atoms with van der Waals surface area (Å²) in [5.74, 6) is 0.117. The lowest BCUT2D eigenvalue weighted by Crippen LogP contribution is -2.37. The highest BCUT2D eigenvalue weighted by atomic mass is 35.5. The van der Waals surface area contributed by atoms with E-state index in [1.165, 1.54) is 23.2 Å². The molecule has 0 radical (unpaired) electrons. The molecule has 0 bridgehead atoms. The van der Waals surface area contributed by atoms with Crippen LogP contribution in [0.25, 0.3) is 6.08 Å². The number of carbonyl (C=O) groups is 1. The van der Waals surface area contributed by atoms with Gasteiger partial charge in [0, 0.05) is 37.2 Å². The topological polar surface area (TPSA) is 90.4 Å². The van der Waals surface area contributed by atoms with Crippen LogP contribution in [0, 0.1) is 0 Å². The van der Waals surface area contributed by atoms with Gasteiger partial charge in [-0.05, 0) is 18.1 Å². The monoisotopic (exact) mass is 453 g/mol. The fraction of sp³-hybridized carbons (Fsp3) is 0.381. The zero-order chi connectivity index (χ0) is 20.0. The first-order valence-electron chi connectivity index (χ1n) is 9.45. The van der Waals surface area contributed by atoms with E-state index in [1.807, 2.05) is 0 Å². The number of hydrogen-bond donors (Lipinski definition) is 3. The summed E-state index contributed by atoms with van der Waals surface area (Å²) in [5, 5.41) is 11.9. The molecule has 1 amide bonds. The van der Waals surface area contributed by atoms with Gasteiger partial charge in [0.15, 0.2) is 0 Å². The molecule has 9 heteroatoms. The molecule has 1 aromatic carbocycles. The number of anilines is 1. The third kappa shape index (κ3) is 7.25. The van der Waals surface area contributed by atoms with Gasteiger partial charge in [0.2, 0.25) is 0 Å². The molecule has 0 saturated carbocycles. The SMILES string of the molecule is CC(C)(CN1CC[C@@H](Nc2cnc(C=CC(=O)NO)cn2)C1)c1ccccc1.Cl.Cl. The second kappa shape index (κ2) is 11.9. The van der Waals surface area contributed by atoms with Crippen LogP contribution in [-0.2, 0) is 10.2 Å². The van der Waals surface area contributed by atoms with Crippen molar-refractivity contribution in [1.82, 2.24) is 20.3 Å². The zero-order valence-corrected chi connectivity index (χ0v) is 18.7. The number of halogens is 2. The number of nitrogens with zero attached hydrogens (tertiary/aromatic N) is 3. The van der Waals surface area contributed by atoms with Crippen molar-refractivity contribution >= 4 is 42.6 Å². The van der Waals surface area contributed by atoms with Crippen molar-refractivity contribution in [3.8, 4) is 0 Å². The highest BCUT2D eigenvalue weighted by Crippen LogP contribution is 2.26.